The van der Waals surface area contributed by atoms with Gasteiger partial charge in [-0.2, -0.15) is 0 Å². The molecule has 0 aromatic carbocycles. The summed E-state index contributed by atoms with van der Waals surface area (Å²) in [4.78, 5) is 0. The summed E-state index contributed by atoms with van der Waals surface area (Å²) in [6, 6.07) is 6.29. The molecule has 0 bridgehead atoms. The molecule has 0 radical (unpaired) electrons. The molecule has 19 heavy (non-hydrogen) atoms. The van der Waals surface area contributed by atoms with E-state index in [1.165, 1.54) is 70.8 Å². The van der Waals surface area contributed by atoms with Crippen LogP contribution in [0.25, 0.3) is 0 Å². The van der Waals surface area contributed by atoms with Gasteiger partial charge in [-0.1, -0.05) is 64.4 Å². The summed E-state index contributed by atoms with van der Waals surface area (Å²) in [5.41, 5.74) is 0. The van der Waals surface area contributed by atoms with Crippen molar-refractivity contribution in [1.82, 2.24) is 0 Å². The first kappa shape index (κ1) is 18.4. The monoisotopic (exact) mass is 283 g/mol. The lowest BCUT2D eigenvalue weighted by Gasteiger charge is -2.01. The van der Waals surface area contributed by atoms with E-state index in [9.17, 15) is 0 Å². The molecule has 110 valence electrons. The number of unbranched alkanes of at least 4 members (excludes halogenated alkanes) is 9. The van der Waals surface area contributed by atoms with Gasteiger partial charge in [0.25, 0.3) is 0 Å². The first-order valence-corrected chi connectivity index (χ1v) is 7.87. The number of hydrogen-bond donors (Lipinski definition) is 0. The Morgan fingerprint density at radius 2 is 1.11 bits per heavy atom. The van der Waals surface area contributed by atoms with Crippen LogP contribution in [-0.2, 0) is 6.54 Å². The number of rotatable bonds is 11. The van der Waals surface area contributed by atoms with Crippen molar-refractivity contribution < 1.29 is 17.0 Å². The SMILES string of the molecule is CCCCCCCCCCCC[n+]1ccccc1.[Cl-]. The van der Waals surface area contributed by atoms with Gasteiger partial charge < -0.3 is 12.4 Å². The van der Waals surface area contributed by atoms with Gasteiger partial charge in [0.15, 0.2) is 12.4 Å². The van der Waals surface area contributed by atoms with Crippen LogP contribution in [-0.4, -0.2) is 0 Å². The van der Waals surface area contributed by atoms with Crippen LogP contribution < -0.4 is 17.0 Å². The molecule has 0 atom stereocenters. The summed E-state index contributed by atoms with van der Waals surface area (Å²) >= 11 is 0. The van der Waals surface area contributed by atoms with Crippen LogP contribution in [0.5, 0.6) is 0 Å². The molecule has 1 aromatic heterocycles. The zero-order chi connectivity index (χ0) is 12.9. The molecule has 1 rings (SSSR count). The van der Waals surface area contributed by atoms with Crippen LogP contribution in [0.1, 0.15) is 71.1 Å². The highest BCUT2D eigenvalue weighted by atomic mass is 35.5. The Labute approximate surface area is 125 Å². The summed E-state index contributed by atoms with van der Waals surface area (Å²) in [5, 5.41) is 0. The van der Waals surface area contributed by atoms with Crippen molar-refractivity contribution >= 4 is 0 Å². The van der Waals surface area contributed by atoms with Crippen LogP contribution in [0.3, 0.4) is 0 Å². The maximum Gasteiger partial charge on any atom is 0.168 e. The number of halogens is 1. The molecule has 0 saturated heterocycles. The van der Waals surface area contributed by atoms with Crippen molar-refractivity contribution in [3.8, 4) is 0 Å². The second kappa shape index (κ2) is 13.9. The molecule has 0 unspecified atom stereocenters. The Morgan fingerprint density at radius 3 is 1.63 bits per heavy atom. The molecule has 0 aliphatic carbocycles. The fourth-order valence-corrected chi connectivity index (χ4v) is 2.37. The molecule has 1 nitrogen and oxygen atoms in total. The molecule has 0 amide bonds. The van der Waals surface area contributed by atoms with Crippen LogP contribution in [0.15, 0.2) is 30.6 Å². The smallest absolute Gasteiger partial charge is 0.168 e. The van der Waals surface area contributed by atoms with Gasteiger partial charge in [0.05, 0.1) is 0 Å². The number of nitrogens with zero attached hydrogens (tertiary/aromatic N) is 1. The van der Waals surface area contributed by atoms with Crippen LogP contribution in [0.2, 0.25) is 0 Å². The van der Waals surface area contributed by atoms with Crippen molar-refractivity contribution in [3.05, 3.63) is 30.6 Å². The molecule has 2 heteroatoms. The highest BCUT2D eigenvalue weighted by molar-refractivity contribution is 4.83. The number of pyridine rings is 1. The highest BCUT2D eigenvalue weighted by Gasteiger charge is 1.97. The molecule has 0 fully saturated rings. The summed E-state index contributed by atoms with van der Waals surface area (Å²) in [6.45, 7) is 3.46. The van der Waals surface area contributed by atoms with Crippen LogP contribution in [0.4, 0.5) is 0 Å². The molecule has 0 saturated carbocycles. The van der Waals surface area contributed by atoms with Gasteiger partial charge in [-0.3, -0.25) is 0 Å². The highest BCUT2D eigenvalue weighted by Crippen LogP contribution is 2.10. The fourth-order valence-electron chi connectivity index (χ4n) is 2.37. The third-order valence-electron chi connectivity index (χ3n) is 3.55. The van der Waals surface area contributed by atoms with Crippen molar-refractivity contribution in [2.24, 2.45) is 0 Å². The second-order valence-electron chi connectivity index (χ2n) is 5.30. The summed E-state index contributed by atoms with van der Waals surface area (Å²) in [5.74, 6) is 0. The Bertz CT molecular complexity index is 274. The zero-order valence-electron chi connectivity index (χ0n) is 12.5. The predicted octanol–water partition coefficient (Wildman–Crippen LogP) is 1.90. The molecule has 1 aromatic rings. The molecule has 0 aliphatic rings. The van der Waals surface area contributed by atoms with Gasteiger partial charge in [0, 0.05) is 18.6 Å². The molecule has 0 N–H and O–H groups in total. The van der Waals surface area contributed by atoms with Gasteiger partial charge in [0.2, 0.25) is 0 Å². The minimum atomic E-state index is 0. The number of aromatic nitrogens is 1. The van der Waals surface area contributed by atoms with Gasteiger partial charge >= 0.3 is 0 Å². The largest absolute Gasteiger partial charge is 1.00 e. The average molecular weight is 284 g/mol. The minimum absolute atomic E-state index is 0. The number of aryl methyl sites for hydroxylation is 1. The van der Waals surface area contributed by atoms with Crippen LogP contribution >= 0.6 is 0 Å². The van der Waals surface area contributed by atoms with E-state index in [0.29, 0.717) is 0 Å². The fraction of sp³-hybridized carbons (Fsp3) is 0.706. The second-order valence-corrected chi connectivity index (χ2v) is 5.30. The van der Waals surface area contributed by atoms with E-state index < -0.39 is 0 Å². The van der Waals surface area contributed by atoms with Gasteiger partial charge in [-0.25, -0.2) is 4.57 Å². The van der Waals surface area contributed by atoms with Crippen molar-refractivity contribution in [2.75, 3.05) is 0 Å². The maximum absolute atomic E-state index is 2.28. The van der Waals surface area contributed by atoms with Crippen molar-refractivity contribution in [2.45, 2.75) is 77.7 Å². The van der Waals surface area contributed by atoms with E-state index in [2.05, 4.69) is 42.1 Å². The van der Waals surface area contributed by atoms with Gasteiger partial charge in [-0.05, 0) is 6.42 Å². The molecule has 0 aliphatic heterocycles. The quantitative estimate of drug-likeness (QED) is 0.431. The lowest BCUT2D eigenvalue weighted by molar-refractivity contribution is -0.697. The summed E-state index contributed by atoms with van der Waals surface area (Å²) in [6.07, 6.45) is 18.5. The van der Waals surface area contributed by atoms with E-state index in [1.807, 2.05) is 0 Å². The van der Waals surface area contributed by atoms with Gasteiger partial charge in [0.1, 0.15) is 6.54 Å². The van der Waals surface area contributed by atoms with Crippen LogP contribution in [0, 0.1) is 0 Å². The third-order valence-corrected chi connectivity index (χ3v) is 3.55. The third kappa shape index (κ3) is 11.0. The normalized spacial score (nSPS) is 10.2. The standard InChI is InChI=1S/C17H30N.ClH/c1-2-3-4-5-6-7-8-9-10-12-15-18-16-13-11-14-17-18;/h11,13-14,16-17H,2-10,12,15H2,1H3;1H/q+1;/p-1. The molecular weight excluding hydrogens is 254 g/mol. The number of hydrogen-bond acceptors (Lipinski definition) is 0. The molecule has 1 heterocycles. The van der Waals surface area contributed by atoms with E-state index in [-0.39, 0.29) is 12.4 Å². The van der Waals surface area contributed by atoms with Crippen molar-refractivity contribution in [1.29, 1.82) is 0 Å². The lowest BCUT2D eigenvalue weighted by Crippen LogP contribution is -3.00. The Kier molecular flexibility index (Phi) is 13.5. The Hall–Kier alpha value is -0.560. The van der Waals surface area contributed by atoms with E-state index >= 15 is 0 Å². The molecule has 0 spiro atoms. The summed E-state index contributed by atoms with van der Waals surface area (Å²) in [7, 11) is 0. The minimum Gasteiger partial charge on any atom is -1.00 e. The maximum atomic E-state index is 2.28. The predicted molar refractivity (Wildman–Crippen MR) is 78.5 cm³/mol. The van der Waals surface area contributed by atoms with E-state index in [1.54, 1.807) is 0 Å². The lowest BCUT2D eigenvalue weighted by atomic mass is 10.1. The zero-order valence-corrected chi connectivity index (χ0v) is 13.2. The topological polar surface area (TPSA) is 3.88 Å². The first-order chi connectivity index (χ1) is 8.93. The summed E-state index contributed by atoms with van der Waals surface area (Å²) < 4.78 is 2.28. The van der Waals surface area contributed by atoms with Gasteiger partial charge in [-0.15, -0.1) is 0 Å². The van der Waals surface area contributed by atoms with E-state index in [0.717, 1.165) is 0 Å². The average Bonchev–Trinajstić information content (AvgIpc) is 2.42. The van der Waals surface area contributed by atoms with E-state index in [4.69, 9.17) is 0 Å². The first-order valence-electron chi connectivity index (χ1n) is 7.87. The molecular formula is C17H30ClN. The Morgan fingerprint density at radius 1 is 0.632 bits per heavy atom. The Balaban J connectivity index is 0.00000324. The van der Waals surface area contributed by atoms with Crippen molar-refractivity contribution in [3.63, 3.8) is 0 Å².